The fourth-order valence-corrected chi connectivity index (χ4v) is 1.47. The molecule has 1 rings (SSSR count). The molecule has 1 aromatic carbocycles. The largest absolute Gasteiger partial charge is 0.333 e. The third-order valence-corrected chi connectivity index (χ3v) is 2.32. The molecule has 0 aliphatic heterocycles. The SMILES string of the molecule is C[C@@H](COS(N)(=O)=O)c1ccccc1. The molecule has 0 amide bonds. The topological polar surface area (TPSA) is 69.4 Å². The van der Waals surface area contributed by atoms with Gasteiger partial charge in [0, 0.05) is 5.92 Å². The Morgan fingerprint density at radius 1 is 1.36 bits per heavy atom. The lowest BCUT2D eigenvalue weighted by atomic mass is 10.0. The monoisotopic (exact) mass is 215 g/mol. The van der Waals surface area contributed by atoms with Crippen LogP contribution >= 0.6 is 0 Å². The predicted octanol–water partition coefficient (Wildman–Crippen LogP) is 1.01. The van der Waals surface area contributed by atoms with Gasteiger partial charge in [-0.3, -0.25) is 4.18 Å². The van der Waals surface area contributed by atoms with Crippen molar-refractivity contribution in [1.29, 1.82) is 0 Å². The molecule has 5 heteroatoms. The molecule has 2 N–H and O–H groups in total. The molecule has 78 valence electrons. The van der Waals surface area contributed by atoms with E-state index in [1.165, 1.54) is 0 Å². The maximum Gasteiger partial charge on any atom is 0.333 e. The highest BCUT2D eigenvalue weighted by Gasteiger charge is 2.09. The molecule has 0 aliphatic carbocycles. The van der Waals surface area contributed by atoms with Gasteiger partial charge in [0.05, 0.1) is 6.61 Å². The van der Waals surface area contributed by atoms with Gasteiger partial charge in [0.15, 0.2) is 0 Å². The van der Waals surface area contributed by atoms with Crippen molar-refractivity contribution < 1.29 is 12.6 Å². The zero-order valence-corrected chi connectivity index (χ0v) is 8.70. The van der Waals surface area contributed by atoms with E-state index in [1.807, 2.05) is 37.3 Å². The maximum absolute atomic E-state index is 10.5. The van der Waals surface area contributed by atoms with E-state index in [4.69, 9.17) is 5.14 Å². The zero-order chi connectivity index (χ0) is 10.6. The van der Waals surface area contributed by atoms with E-state index in [1.54, 1.807) is 0 Å². The van der Waals surface area contributed by atoms with Crippen LogP contribution in [0.25, 0.3) is 0 Å². The quantitative estimate of drug-likeness (QED) is 0.815. The first-order chi connectivity index (χ1) is 6.49. The molecule has 0 aromatic heterocycles. The minimum absolute atomic E-state index is 0.00882. The Kier molecular flexibility index (Phi) is 3.62. The first kappa shape index (κ1) is 11.2. The van der Waals surface area contributed by atoms with Gasteiger partial charge in [-0.25, -0.2) is 5.14 Å². The molecule has 0 heterocycles. The molecule has 1 aromatic rings. The Hall–Kier alpha value is -0.910. The highest BCUT2D eigenvalue weighted by molar-refractivity contribution is 7.84. The van der Waals surface area contributed by atoms with Gasteiger partial charge in [0.2, 0.25) is 0 Å². The molecular weight excluding hydrogens is 202 g/mol. The fraction of sp³-hybridized carbons (Fsp3) is 0.333. The van der Waals surface area contributed by atoms with Crippen molar-refractivity contribution in [3.05, 3.63) is 35.9 Å². The molecule has 0 saturated carbocycles. The van der Waals surface area contributed by atoms with Crippen LogP contribution in [0.5, 0.6) is 0 Å². The summed E-state index contributed by atoms with van der Waals surface area (Å²) in [7, 11) is -3.83. The molecule has 0 unspecified atom stereocenters. The first-order valence-electron chi connectivity index (χ1n) is 4.21. The highest BCUT2D eigenvalue weighted by atomic mass is 32.2. The highest BCUT2D eigenvalue weighted by Crippen LogP contribution is 2.14. The minimum atomic E-state index is -3.83. The third-order valence-electron chi connectivity index (χ3n) is 1.85. The van der Waals surface area contributed by atoms with Crippen molar-refractivity contribution in [3.8, 4) is 0 Å². The second-order valence-electron chi connectivity index (χ2n) is 3.09. The van der Waals surface area contributed by atoms with E-state index in [0.29, 0.717) is 0 Å². The number of nitrogens with two attached hydrogens (primary N) is 1. The van der Waals surface area contributed by atoms with Gasteiger partial charge < -0.3 is 0 Å². The van der Waals surface area contributed by atoms with Crippen LogP contribution in [0.4, 0.5) is 0 Å². The smallest absolute Gasteiger partial charge is 0.258 e. The molecule has 0 radical (unpaired) electrons. The zero-order valence-electron chi connectivity index (χ0n) is 7.88. The fourth-order valence-electron chi connectivity index (χ4n) is 1.07. The van der Waals surface area contributed by atoms with Crippen LogP contribution in [0.1, 0.15) is 18.4 Å². The number of benzene rings is 1. The lowest BCUT2D eigenvalue weighted by Gasteiger charge is -2.10. The Labute approximate surface area is 83.9 Å². The van der Waals surface area contributed by atoms with E-state index in [2.05, 4.69) is 4.18 Å². The van der Waals surface area contributed by atoms with Crippen LogP contribution in [0.15, 0.2) is 30.3 Å². The summed E-state index contributed by atoms with van der Waals surface area (Å²) in [5.74, 6) is 0.00882. The summed E-state index contributed by atoms with van der Waals surface area (Å²) >= 11 is 0. The molecule has 14 heavy (non-hydrogen) atoms. The van der Waals surface area contributed by atoms with E-state index < -0.39 is 10.3 Å². The summed E-state index contributed by atoms with van der Waals surface area (Å²) in [6.07, 6.45) is 0. The number of rotatable bonds is 4. The van der Waals surface area contributed by atoms with Crippen molar-refractivity contribution in [2.75, 3.05) is 6.61 Å². The van der Waals surface area contributed by atoms with Gasteiger partial charge in [0.1, 0.15) is 0 Å². The third kappa shape index (κ3) is 3.87. The van der Waals surface area contributed by atoms with Crippen LogP contribution in [-0.4, -0.2) is 15.0 Å². The maximum atomic E-state index is 10.5. The van der Waals surface area contributed by atoms with E-state index in [-0.39, 0.29) is 12.5 Å². The van der Waals surface area contributed by atoms with E-state index in [0.717, 1.165) is 5.56 Å². The predicted molar refractivity (Wildman–Crippen MR) is 53.9 cm³/mol. The molecule has 0 saturated heterocycles. The summed E-state index contributed by atoms with van der Waals surface area (Å²) in [6, 6.07) is 9.51. The van der Waals surface area contributed by atoms with Crippen LogP contribution in [0, 0.1) is 0 Å². The Morgan fingerprint density at radius 3 is 2.43 bits per heavy atom. The van der Waals surface area contributed by atoms with Crippen molar-refractivity contribution >= 4 is 10.3 Å². The van der Waals surface area contributed by atoms with Crippen LogP contribution in [0.2, 0.25) is 0 Å². The van der Waals surface area contributed by atoms with Gasteiger partial charge in [-0.2, -0.15) is 8.42 Å². The van der Waals surface area contributed by atoms with E-state index in [9.17, 15) is 8.42 Å². The average Bonchev–Trinajstić information content (AvgIpc) is 2.14. The Morgan fingerprint density at radius 2 is 1.93 bits per heavy atom. The summed E-state index contributed by atoms with van der Waals surface area (Å²) in [6.45, 7) is 1.95. The first-order valence-corrected chi connectivity index (χ1v) is 5.68. The normalized spacial score (nSPS) is 13.9. The van der Waals surface area contributed by atoms with Gasteiger partial charge in [-0.05, 0) is 5.56 Å². The Bertz CT molecular complexity index is 374. The van der Waals surface area contributed by atoms with Gasteiger partial charge in [-0.1, -0.05) is 37.3 Å². The van der Waals surface area contributed by atoms with Crippen molar-refractivity contribution in [1.82, 2.24) is 0 Å². The van der Waals surface area contributed by atoms with Crippen LogP contribution in [-0.2, 0) is 14.5 Å². The molecule has 1 atom stereocenters. The average molecular weight is 215 g/mol. The van der Waals surface area contributed by atoms with Crippen molar-refractivity contribution in [3.63, 3.8) is 0 Å². The second-order valence-corrected chi connectivity index (χ2v) is 4.31. The second kappa shape index (κ2) is 4.54. The molecule has 0 aliphatic rings. The Balaban J connectivity index is 2.56. The molecular formula is C9H13NO3S. The molecule has 0 spiro atoms. The molecule has 4 nitrogen and oxygen atoms in total. The van der Waals surface area contributed by atoms with Crippen LogP contribution in [0.3, 0.4) is 0 Å². The van der Waals surface area contributed by atoms with Gasteiger partial charge >= 0.3 is 10.3 Å². The molecule has 0 bridgehead atoms. The lowest BCUT2D eigenvalue weighted by molar-refractivity contribution is 0.299. The van der Waals surface area contributed by atoms with E-state index >= 15 is 0 Å². The van der Waals surface area contributed by atoms with Crippen LogP contribution < -0.4 is 5.14 Å². The summed E-state index contributed by atoms with van der Waals surface area (Å²) in [5.41, 5.74) is 1.02. The van der Waals surface area contributed by atoms with Crippen molar-refractivity contribution in [2.24, 2.45) is 5.14 Å². The number of hydrogen-bond donors (Lipinski definition) is 1. The lowest BCUT2D eigenvalue weighted by Crippen LogP contribution is -2.18. The van der Waals surface area contributed by atoms with Gasteiger partial charge in [0.25, 0.3) is 0 Å². The molecule has 0 fully saturated rings. The minimum Gasteiger partial charge on any atom is -0.258 e. The van der Waals surface area contributed by atoms with Gasteiger partial charge in [-0.15, -0.1) is 0 Å². The number of hydrogen-bond acceptors (Lipinski definition) is 3. The standard InChI is InChI=1S/C9H13NO3S/c1-8(7-13-14(10,11)12)9-5-3-2-4-6-9/h2-6,8H,7H2,1H3,(H2,10,11,12)/t8-/m0/s1. The summed E-state index contributed by atoms with van der Waals surface area (Å²) in [5, 5.41) is 4.71. The summed E-state index contributed by atoms with van der Waals surface area (Å²) < 4.78 is 25.5. The van der Waals surface area contributed by atoms with Crippen molar-refractivity contribution in [2.45, 2.75) is 12.8 Å². The summed E-state index contributed by atoms with van der Waals surface area (Å²) in [4.78, 5) is 0.